The third-order valence-electron chi connectivity index (χ3n) is 4.66. The summed E-state index contributed by atoms with van der Waals surface area (Å²) in [7, 11) is 2.02. The highest BCUT2D eigenvalue weighted by atomic mass is 16.2. The number of hydrogen-bond acceptors (Lipinski definition) is 2. The van der Waals surface area contributed by atoms with Gasteiger partial charge in [-0.3, -0.25) is 4.79 Å². The number of hydrogen-bond donors (Lipinski definition) is 1. The average molecular weight is 252 g/mol. The zero-order valence-electron chi connectivity index (χ0n) is 11.8. The second kappa shape index (κ2) is 7.13. The summed E-state index contributed by atoms with van der Waals surface area (Å²) in [5, 5.41) is 3.37. The number of amides is 1. The normalized spacial score (nSPS) is 24.3. The van der Waals surface area contributed by atoms with Crippen molar-refractivity contribution < 1.29 is 4.79 Å². The van der Waals surface area contributed by atoms with Crippen LogP contribution in [0.1, 0.15) is 57.8 Å². The molecule has 2 rings (SSSR count). The van der Waals surface area contributed by atoms with E-state index >= 15 is 0 Å². The average Bonchev–Trinajstić information content (AvgIpc) is 2.38. The highest BCUT2D eigenvalue weighted by Gasteiger charge is 2.27. The van der Waals surface area contributed by atoms with Gasteiger partial charge >= 0.3 is 0 Å². The van der Waals surface area contributed by atoms with Gasteiger partial charge in [0.25, 0.3) is 0 Å². The third kappa shape index (κ3) is 3.71. The van der Waals surface area contributed by atoms with Gasteiger partial charge in [0.05, 0.1) is 0 Å². The summed E-state index contributed by atoms with van der Waals surface area (Å²) in [6, 6.07) is 0.476. The van der Waals surface area contributed by atoms with Crippen LogP contribution >= 0.6 is 0 Å². The molecule has 1 saturated heterocycles. The Kier molecular flexibility index (Phi) is 5.48. The SMILES string of the molecule is CN(C(=O)C1CCCCCCC1)C1CCNCC1. The van der Waals surface area contributed by atoms with Crippen LogP contribution in [0, 0.1) is 5.92 Å². The predicted molar refractivity (Wildman–Crippen MR) is 74.5 cm³/mol. The topological polar surface area (TPSA) is 32.3 Å². The van der Waals surface area contributed by atoms with Gasteiger partial charge in [-0.2, -0.15) is 0 Å². The van der Waals surface area contributed by atoms with Gasteiger partial charge in [-0.1, -0.05) is 32.1 Å². The monoisotopic (exact) mass is 252 g/mol. The Labute approximate surface area is 111 Å². The quantitative estimate of drug-likeness (QED) is 0.819. The Balaban J connectivity index is 1.87. The Morgan fingerprint density at radius 3 is 2.11 bits per heavy atom. The van der Waals surface area contributed by atoms with Crippen molar-refractivity contribution >= 4 is 5.91 Å². The smallest absolute Gasteiger partial charge is 0.225 e. The highest BCUT2D eigenvalue weighted by Crippen LogP contribution is 2.25. The van der Waals surface area contributed by atoms with E-state index in [1.54, 1.807) is 0 Å². The molecule has 1 N–H and O–H groups in total. The molecule has 0 aromatic carbocycles. The second-order valence-corrected chi connectivity index (χ2v) is 5.97. The predicted octanol–water partition coefficient (Wildman–Crippen LogP) is 2.56. The van der Waals surface area contributed by atoms with E-state index in [1.807, 2.05) is 7.05 Å². The van der Waals surface area contributed by atoms with Crippen molar-refractivity contribution in [3.63, 3.8) is 0 Å². The summed E-state index contributed by atoms with van der Waals surface area (Å²) in [4.78, 5) is 14.6. The minimum Gasteiger partial charge on any atom is -0.342 e. The van der Waals surface area contributed by atoms with E-state index in [4.69, 9.17) is 0 Å². The number of nitrogens with zero attached hydrogens (tertiary/aromatic N) is 1. The molecule has 3 nitrogen and oxygen atoms in total. The van der Waals surface area contributed by atoms with E-state index < -0.39 is 0 Å². The first-order valence-electron chi connectivity index (χ1n) is 7.76. The van der Waals surface area contributed by atoms with Gasteiger partial charge < -0.3 is 10.2 Å². The Bertz CT molecular complexity index is 249. The van der Waals surface area contributed by atoms with Crippen molar-refractivity contribution in [3.05, 3.63) is 0 Å². The Morgan fingerprint density at radius 2 is 1.50 bits per heavy atom. The fourth-order valence-corrected chi connectivity index (χ4v) is 3.37. The minimum atomic E-state index is 0.310. The summed E-state index contributed by atoms with van der Waals surface area (Å²) < 4.78 is 0. The lowest BCUT2D eigenvalue weighted by Gasteiger charge is -2.34. The number of carbonyl (C=O) groups excluding carboxylic acids is 1. The molecule has 18 heavy (non-hydrogen) atoms. The van der Waals surface area contributed by atoms with Crippen molar-refractivity contribution in [2.45, 2.75) is 63.8 Å². The lowest BCUT2D eigenvalue weighted by atomic mass is 9.89. The molecule has 1 heterocycles. The number of nitrogens with one attached hydrogen (secondary N) is 1. The maximum atomic E-state index is 12.6. The van der Waals surface area contributed by atoms with Gasteiger partial charge in [-0.25, -0.2) is 0 Å². The maximum absolute atomic E-state index is 12.6. The fourth-order valence-electron chi connectivity index (χ4n) is 3.37. The number of carbonyl (C=O) groups is 1. The lowest BCUT2D eigenvalue weighted by molar-refractivity contribution is -0.137. The molecule has 104 valence electrons. The first-order valence-corrected chi connectivity index (χ1v) is 7.76. The summed E-state index contributed by atoms with van der Waals surface area (Å²) in [6.07, 6.45) is 11.0. The molecule has 0 aromatic heterocycles. The van der Waals surface area contributed by atoms with Gasteiger partial charge in [0, 0.05) is 19.0 Å². The second-order valence-electron chi connectivity index (χ2n) is 5.97. The molecule has 3 heteroatoms. The molecule has 1 aliphatic heterocycles. The van der Waals surface area contributed by atoms with Crippen molar-refractivity contribution in [2.75, 3.05) is 20.1 Å². The summed E-state index contributed by atoms with van der Waals surface area (Å²) in [6.45, 7) is 2.12. The molecule has 0 spiro atoms. The van der Waals surface area contributed by atoms with Crippen LogP contribution < -0.4 is 5.32 Å². The lowest BCUT2D eigenvalue weighted by Crippen LogP contribution is -2.46. The molecular weight excluding hydrogens is 224 g/mol. The standard InChI is InChI=1S/C15H28N2O/c1-17(14-9-11-16-12-10-14)15(18)13-7-5-3-2-4-6-8-13/h13-14,16H,2-12H2,1H3. The van der Waals surface area contributed by atoms with Crippen molar-refractivity contribution in [1.29, 1.82) is 0 Å². The van der Waals surface area contributed by atoms with Crippen LogP contribution in [0.2, 0.25) is 0 Å². The van der Waals surface area contributed by atoms with Gasteiger partial charge in [-0.05, 0) is 38.8 Å². The molecular formula is C15H28N2O. The van der Waals surface area contributed by atoms with Gasteiger partial charge in [0.2, 0.25) is 5.91 Å². The fraction of sp³-hybridized carbons (Fsp3) is 0.933. The maximum Gasteiger partial charge on any atom is 0.225 e. The minimum absolute atomic E-state index is 0.310. The van der Waals surface area contributed by atoms with Crippen LogP contribution in [0.4, 0.5) is 0 Å². The third-order valence-corrected chi connectivity index (χ3v) is 4.66. The van der Waals surface area contributed by atoms with Gasteiger partial charge in [-0.15, -0.1) is 0 Å². The summed E-state index contributed by atoms with van der Waals surface area (Å²) >= 11 is 0. The molecule has 2 fully saturated rings. The van der Waals surface area contributed by atoms with E-state index in [0.29, 0.717) is 17.9 Å². The Hall–Kier alpha value is -0.570. The van der Waals surface area contributed by atoms with E-state index in [9.17, 15) is 4.79 Å². The molecule has 0 radical (unpaired) electrons. The first-order chi connectivity index (χ1) is 8.79. The Morgan fingerprint density at radius 1 is 0.944 bits per heavy atom. The van der Waals surface area contributed by atoms with Crippen LogP contribution in [0.5, 0.6) is 0 Å². The molecule has 2 aliphatic rings. The van der Waals surface area contributed by atoms with Crippen LogP contribution in [-0.4, -0.2) is 37.0 Å². The van der Waals surface area contributed by atoms with Crippen LogP contribution in [-0.2, 0) is 4.79 Å². The van der Waals surface area contributed by atoms with E-state index in [-0.39, 0.29) is 0 Å². The molecule has 1 saturated carbocycles. The zero-order chi connectivity index (χ0) is 12.8. The molecule has 1 aliphatic carbocycles. The van der Waals surface area contributed by atoms with E-state index in [0.717, 1.165) is 38.8 Å². The number of piperidine rings is 1. The summed E-state index contributed by atoms with van der Waals surface area (Å²) in [5.41, 5.74) is 0. The molecule has 0 aromatic rings. The molecule has 0 atom stereocenters. The summed E-state index contributed by atoms with van der Waals surface area (Å²) in [5.74, 6) is 0.731. The molecule has 0 bridgehead atoms. The largest absolute Gasteiger partial charge is 0.342 e. The van der Waals surface area contributed by atoms with Crippen molar-refractivity contribution in [1.82, 2.24) is 10.2 Å². The van der Waals surface area contributed by atoms with Gasteiger partial charge in [0.15, 0.2) is 0 Å². The van der Waals surface area contributed by atoms with Gasteiger partial charge in [0.1, 0.15) is 0 Å². The van der Waals surface area contributed by atoms with Crippen molar-refractivity contribution in [2.24, 2.45) is 5.92 Å². The zero-order valence-corrected chi connectivity index (χ0v) is 11.8. The van der Waals surface area contributed by atoms with Crippen LogP contribution in [0.15, 0.2) is 0 Å². The van der Waals surface area contributed by atoms with Crippen LogP contribution in [0.25, 0.3) is 0 Å². The van der Waals surface area contributed by atoms with E-state index in [1.165, 1.54) is 32.1 Å². The van der Waals surface area contributed by atoms with Crippen molar-refractivity contribution in [3.8, 4) is 0 Å². The van der Waals surface area contributed by atoms with Crippen LogP contribution in [0.3, 0.4) is 0 Å². The highest BCUT2D eigenvalue weighted by molar-refractivity contribution is 5.78. The molecule has 0 unspecified atom stereocenters. The molecule has 1 amide bonds. The number of rotatable bonds is 2. The first kappa shape index (κ1) is 13.9. The van der Waals surface area contributed by atoms with E-state index in [2.05, 4.69) is 10.2 Å².